The molecule has 1 amide bonds. The molecule has 1 aromatic rings. The van der Waals surface area contributed by atoms with E-state index in [9.17, 15) is 17.6 Å². The van der Waals surface area contributed by atoms with Gasteiger partial charge in [0, 0.05) is 19.6 Å². The van der Waals surface area contributed by atoms with Crippen LogP contribution in [0.3, 0.4) is 0 Å². The van der Waals surface area contributed by atoms with Gasteiger partial charge in [-0.2, -0.15) is 0 Å². The molecule has 0 radical (unpaired) electrons. The zero-order chi connectivity index (χ0) is 16.2. The van der Waals surface area contributed by atoms with Crippen LogP contribution in [0.15, 0.2) is 24.3 Å². The molecule has 0 saturated carbocycles. The summed E-state index contributed by atoms with van der Waals surface area (Å²) in [5, 5.41) is 2.81. The van der Waals surface area contributed by atoms with Gasteiger partial charge in [0.2, 0.25) is 15.9 Å². The Bertz CT molecular complexity index is 625. The van der Waals surface area contributed by atoms with Crippen molar-refractivity contribution in [3.8, 4) is 0 Å². The van der Waals surface area contributed by atoms with Crippen molar-refractivity contribution in [1.82, 2.24) is 9.62 Å². The lowest BCUT2D eigenvalue weighted by atomic mass is 9.98. The molecule has 1 heterocycles. The van der Waals surface area contributed by atoms with Gasteiger partial charge in [-0.3, -0.25) is 4.79 Å². The largest absolute Gasteiger partial charge is 0.356 e. The minimum absolute atomic E-state index is 0.0227. The van der Waals surface area contributed by atoms with Gasteiger partial charge in [0.05, 0.1) is 12.7 Å². The highest BCUT2D eigenvalue weighted by molar-refractivity contribution is 7.88. The smallest absolute Gasteiger partial charge is 0.224 e. The number of benzene rings is 1. The third kappa shape index (κ3) is 4.78. The Hall–Kier alpha value is -1.47. The van der Waals surface area contributed by atoms with E-state index in [4.69, 9.17) is 0 Å². The van der Waals surface area contributed by atoms with E-state index in [0.717, 1.165) is 12.8 Å². The van der Waals surface area contributed by atoms with E-state index in [0.29, 0.717) is 25.2 Å². The van der Waals surface area contributed by atoms with E-state index in [1.54, 1.807) is 18.2 Å². The Morgan fingerprint density at radius 2 is 1.95 bits per heavy atom. The summed E-state index contributed by atoms with van der Waals surface area (Å²) >= 11 is 0. The van der Waals surface area contributed by atoms with Crippen molar-refractivity contribution in [3.05, 3.63) is 35.6 Å². The van der Waals surface area contributed by atoms with Crippen molar-refractivity contribution >= 4 is 15.9 Å². The summed E-state index contributed by atoms with van der Waals surface area (Å²) in [6, 6.07) is 6.22. The Morgan fingerprint density at radius 3 is 2.55 bits per heavy atom. The SMILES string of the molecule is CS(=O)(=O)N1CCC(CNC(=O)Cc2ccccc2F)CC1. The van der Waals surface area contributed by atoms with Crippen LogP contribution in [-0.2, 0) is 21.2 Å². The van der Waals surface area contributed by atoms with Gasteiger partial charge in [-0.1, -0.05) is 18.2 Å². The molecule has 0 atom stereocenters. The second-order valence-electron chi connectivity index (χ2n) is 5.68. The lowest BCUT2D eigenvalue weighted by Gasteiger charge is -2.30. The summed E-state index contributed by atoms with van der Waals surface area (Å²) in [6.45, 7) is 1.49. The van der Waals surface area contributed by atoms with Gasteiger partial charge in [-0.05, 0) is 30.4 Å². The number of carbonyl (C=O) groups is 1. The predicted octanol–water partition coefficient (Wildman–Crippen LogP) is 1.16. The topological polar surface area (TPSA) is 66.5 Å². The fraction of sp³-hybridized carbons (Fsp3) is 0.533. The molecule has 1 aromatic carbocycles. The molecule has 1 N–H and O–H groups in total. The van der Waals surface area contributed by atoms with Gasteiger partial charge in [-0.25, -0.2) is 17.1 Å². The van der Waals surface area contributed by atoms with Crippen LogP contribution < -0.4 is 5.32 Å². The van der Waals surface area contributed by atoms with Crippen molar-refractivity contribution in [3.63, 3.8) is 0 Å². The summed E-state index contributed by atoms with van der Waals surface area (Å²) < 4.78 is 37.7. The van der Waals surface area contributed by atoms with Gasteiger partial charge in [0.15, 0.2) is 0 Å². The van der Waals surface area contributed by atoms with Gasteiger partial charge in [0.1, 0.15) is 5.82 Å². The fourth-order valence-electron chi connectivity index (χ4n) is 2.58. The van der Waals surface area contributed by atoms with Crippen molar-refractivity contribution in [2.75, 3.05) is 25.9 Å². The lowest BCUT2D eigenvalue weighted by molar-refractivity contribution is -0.120. The normalized spacial score (nSPS) is 17.4. The number of sulfonamides is 1. The minimum atomic E-state index is -3.12. The zero-order valence-corrected chi connectivity index (χ0v) is 13.4. The standard InChI is InChI=1S/C15H21FN2O3S/c1-22(20,21)18-8-6-12(7-9-18)11-17-15(19)10-13-4-2-3-5-14(13)16/h2-5,12H,6-11H2,1H3,(H,17,19). The summed E-state index contributed by atoms with van der Waals surface area (Å²) in [6.07, 6.45) is 2.69. The van der Waals surface area contributed by atoms with E-state index in [1.165, 1.54) is 16.6 Å². The number of nitrogens with zero attached hydrogens (tertiary/aromatic N) is 1. The van der Waals surface area contributed by atoms with Gasteiger partial charge < -0.3 is 5.32 Å². The van der Waals surface area contributed by atoms with E-state index in [2.05, 4.69) is 5.32 Å². The molecule has 0 bridgehead atoms. The highest BCUT2D eigenvalue weighted by Crippen LogP contribution is 2.18. The number of amides is 1. The minimum Gasteiger partial charge on any atom is -0.356 e. The van der Waals surface area contributed by atoms with E-state index in [-0.39, 0.29) is 24.1 Å². The number of rotatable bonds is 5. The van der Waals surface area contributed by atoms with Crippen LogP contribution in [0.25, 0.3) is 0 Å². The molecule has 0 aromatic heterocycles. The van der Waals surface area contributed by atoms with Crippen LogP contribution in [0, 0.1) is 11.7 Å². The van der Waals surface area contributed by atoms with Gasteiger partial charge in [-0.15, -0.1) is 0 Å². The quantitative estimate of drug-likeness (QED) is 0.882. The predicted molar refractivity (Wildman–Crippen MR) is 82.3 cm³/mol. The summed E-state index contributed by atoms with van der Waals surface area (Å²) in [4.78, 5) is 11.8. The average molecular weight is 328 g/mol. The maximum Gasteiger partial charge on any atom is 0.224 e. The Morgan fingerprint density at radius 1 is 1.32 bits per heavy atom. The van der Waals surface area contributed by atoms with Crippen LogP contribution in [0.4, 0.5) is 4.39 Å². The molecule has 1 aliphatic rings. The first-order chi connectivity index (χ1) is 10.4. The average Bonchev–Trinajstić information content (AvgIpc) is 2.47. The van der Waals surface area contributed by atoms with Crippen molar-refractivity contribution in [1.29, 1.82) is 0 Å². The molecule has 7 heteroatoms. The van der Waals surface area contributed by atoms with E-state index >= 15 is 0 Å². The molecule has 2 rings (SSSR count). The maximum atomic E-state index is 13.5. The van der Waals surface area contributed by atoms with Crippen molar-refractivity contribution < 1.29 is 17.6 Å². The third-order valence-electron chi connectivity index (χ3n) is 3.94. The lowest BCUT2D eigenvalue weighted by Crippen LogP contribution is -2.41. The molecule has 5 nitrogen and oxygen atoms in total. The second-order valence-corrected chi connectivity index (χ2v) is 7.66. The summed E-state index contributed by atoms with van der Waals surface area (Å²) in [5.74, 6) is -0.322. The molecule has 0 unspecified atom stereocenters. The van der Waals surface area contributed by atoms with Crippen molar-refractivity contribution in [2.45, 2.75) is 19.3 Å². The van der Waals surface area contributed by atoms with Crippen LogP contribution in [0.2, 0.25) is 0 Å². The Kier molecular flexibility index (Phi) is 5.52. The third-order valence-corrected chi connectivity index (χ3v) is 5.24. The summed E-state index contributed by atoms with van der Waals surface area (Å²) in [7, 11) is -3.12. The molecule has 122 valence electrons. The molecule has 22 heavy (non-hydrogen) atoms. The molecule has 1 saturated heterocycles. The summed E-state index contributed by atoms with van der Waals surface area (Å²) in [5.41, 5.74) is 0.381. The van der Waals surface area contributed by atoms with E-state index in [1.807, 2.05) is 0 Å². The molecule has 0 spiro atoms. The van der Waals surface area contributed by atoms with Crippen LogP contribution in [0.5, 0.6) is 0 Å². The van der Waals surface area contributed by atoms with Crippen LogP contribution in [-0.4, -0.2) is 44.5 Å². The highest BCUT2D eigenvalue weighted by atomic mass is 32.2. The van der Waals surface area contributed by atoms with Crippen LogP contribution >= 0.6 is 0 Å². The van der Waals surface area contributed by atoms with E-state index < -0.39 is 10.0 Å². The fourth-order valence-corrected chi connectivity index (χ4v) is 3.45. The first-order valence-electron chi connectivity index (χ1n) is 7.31. The Labute approximate surface area is 130 Å². The van der Waals surface area contributed by atoms with Crippen molar-refractivity contribution in [2.24, 2.45) is 5.92 Å². The second kappa shape index (κ2) is 7.19. The first-order valence-corrected chi connectivity index (χ1v) is 9.16. The number of hydrogen-bond donors (Lipinski definition) is 1. The maximum absolute atomic E-state index is 13.5. The monoisotopic (exact) mass is 328 g/mol. The molecular weight excluding hydrogens is 307 g/mol. The number of halogens is 1. The number of piperidine rings is 1. The molecule has 1 fully saturated rings. The molecule has 1 aliphatic heterocycles. The number of nitrogens with one attached hydrogen (secondary N) is 1. The van der Waals surface area contributed by atoms with Gasteiger partial charge >= 0.3 is 0 Å². The van der Waals surface area contributed by atoms with Gasteiger partial charge in [0.25, 0.3) is 0 Å². The zero-order valence-electron chi connectivity index (χ0n) is 12.6. The molecular formula is C15H21FN2O3S. The first kappa shape index (κ1) is 16.9. The number of carbonyl (C=O) groups excluding carboxylic acids is 1. The molecule has 0 aliphatic carbocycles. The highest BCUT2D eigenvalue weighted by Gasteiger charge is 2.25. The Balaban J connectivity index is 1.75. The van der Waals surface area contributed by atoms with Crippen LogP contribution in [0.1, 0.15) is 18.4 Å². The number of hydrogen-bond acceptors (Lipinski definition) is 3.